The molecule has 0 aliphatic heterocycles. The fourth-order valence-corrected chi connectivity index (χ4v) is 1.07. The molecule has 2 N–H and O–H groups in total. The van der Waals surface area contributed by atoms with Crippen molar-refractivity contribution < 1.29 is 15.7 Å². The van der Waals surface area contributed by atoms with E-state index in [9.17, 15) is 9.18 Å². The van der Waals surface area contributed by atoms with Gasteiger partial charge >= 0.3 is 5.97 Å². The van der Waals surface area contributed by atoms with Crippen molar-refractivity contribution in [1.29, 1.82) is 0 Å². The summed E-state index contributed by atoms with van der Waals surface area (Å²) in [5.41, 5.74) is 0.0123. The highest BCUT2D eigenvalue weighted by atomic mass is 19.1. The third-order valence-corrected chi connectivity index (χ3v) is 1.64. The Hall–Kier alpha value is -1.91. The second-order valence-electron chi connectivity index (χ2n) is 2.47. The predicted molar refractivity (Wildman–Crippen MR) is 43.0 cm³/mol. The van der Waals surface area contributed by atoms with E-state index in [0.717, 1.165) is 6.07 Å². The number of aromatic nitrogens is 2. The molecule has 0 atom stereocenters. The van der Waals surface area contributed by atoms with Gasteiger partial charge in [-0.15, -0.1) is 0 Å². The standard InChI is InChI=1S/C8H5FN2O2/c9-4-1-2-6-5(3-4)7(8(12)13)11-10-6/h1-3H,(H,10,11)(H,12,13)/i3D. The Morgan fingerprint density at radius 2 is 2.46 bits per heavy atom. The maximum atomic E-state index is 12.9. The Morgan fingerprint density at radius 3 is 3.15 bits per heavy atom. The summed E-state index contributed by atoms with van der Waals surface area (Å²) in [6.45, 7) is 0. The van der Waals surface area contributed by atoms with Crippen molar-refractivity contribution in [2.24, 2.45) is 0 Å². The quantitative estimate of drug-likeness (QED) is 0.698. The number of aromatic amines is 1. The molecule has 0 saturated carbocycles. The molecule has 0 saturated heterocycles. The second kappa shape index (κ2) is 2.55. The van der Waals surface area contributed by atoms with Gasteiger partial charge in [-0.3, -0.25) is 5.10 Å². The molecule has 2 rings (SSSR count). The maximum absolute atomic E-state index is 12.9. The van der Waals surface area contributed by atoms with E-state index < -0.39 is 17.8 Å². The van der Waals surface area contributed by atoms with Gasteiger partial charge in [-0.2, -0.15) is 5.10 Å². The van der Waals surface area contributed by atoms with Gasteiger partial charge in [-0.05, 0) is 18.2 Å². The van der Waals surface area contributed by atoms with Crippen molar-refractivity contribution in [3.8, 4) is 0 Å². The van der Waals surface area contributed by atoms with Gasteiger partial charge in [0.1, 0.15) is 5.82 Å². The number of H-pyrrole nitrogens is 1. The number of hydrogen-bond acceptors (Lipinski definition) is 2. The summed E-state index contributed by atoms with van der Waals surface area (Å²) >= 11 is 0. The van der Waals surface area contributed by atoms with E-state index in [2.05, 4.69) is 10.2 Å². The lowest BCUT2D eigenvalue weighted by molar-refractivity contribution is 0.0692. The molecule has 0 aliphatic carbocycles. The first-order valence-electron chi connectivity index (χ1n) is 3.97. The molecule has 0 aliphatic rings. The van der Waals surface area contributed by atoms with Crippen LogP contribution in [0.5, 0.6) is 0 Å². The van der Waals surface area contributed by atoms with Gasteiger partial charge in [0.05, 0.1) is 6.89 Å². The minimum Gasteiger partial charge on any atom is -0.476 e. The van der Waals surface area contributed by atoms with Gasteiger partial charge in [-0.25, -0.2) is 9.18 Å². The van der Waals surface area contributed by atoms with Crippen LogP contribution in [0.1, 0.15) is 11.9 Å². The van der Waals surface area contributed by atoms with Crippen LogP contribution in [0.25, 0.3) is 10.9 Å². The number of benzene rings is 1. The lowest BCUT2D eigenvalue weighted by Gasteiger charge is -1.89. The summed E-state index contributed by atoms with van der Waals surface area (Å²) in [5, 5.41) is 14.6. The first-order chi connectivity index (χ1) is 6.61. The number of aromatic carboxylic acids is 1. The predicted octanol–water partition coefficient (Wildman–Crippen LogP) is 1.40. The summed E-state index contributed by atoms with van der Waals surface area (Å²) in [5.74, 6) is -2.04. The first-order valence-corrected chi connectivity index (χ1v) is 3.47. The van der Waals surface area contributed by atoms with Gasteiger partial charge < -0.3 is 5.11 Å². The fourth-order valence-electron chi connectivity index (χ4n) is 1.07. The molecular formula is C8H5FN2O2. The average Bonchev–Trinajstić information content (AvgIpc) is 2.55. The fraction of sp³-hybridized carbons (Fsp3) is 0. The van der Waals surface area contributed by atoms with Crippen molar-refractivity contribution >= 4 is 16.9 Å². The van der Waals surface area contributed by atoms with Crippen LogP contribution in [-0.4, -0.2) is 21.3 Å². The molecule has 0 radical (unpaired) electrons. The van der Waals surface area contributed by atoms with Crippen LogP contribution < -0.4 is 0 Å². The smallest absolute Gasteiger partial charge is 0.357 e. The molecule has 2 aromatic rings. The third-order valence-electron chi connectivity index (χ3n) is 1.64. The number of hydrogen-bond donors (Lipinski definition) is 2. The second-order valence-corrected chi connectivity index (χ2v) is 2.47. The van der Waals surface area contributed by atoms with E-state index in [1.54, 1.807) is 0 Å². The van der Waals surface area contributed by atoms with E-state index >= 15 is 0 Å². The third kappa shape index (κ3) is 1.14. The summed E-state index contributed by atoms with van der Waals surface area (Å²) in [4.78, 5) is 10.7. The summed E-state index contributed by atoms with van der Waals surface area (Å²) in [7, 11) is 0. The van der Waals surface area contributed by atoms with Crippen LogP contribution in [0.3, 0.4) is 0 Å². The molecule has 4 nitrogen and oxygen atoms in total. The van der Waals surface area contributed by atoms with Crippen LogP contribution in [0.15, 0.2) is 18.2 Å². The summed E-state index contributed by atoms with van der Waals surface area (Å²) in [6.07, 6.45) is 0. The van der Waals surface area contributed by atoms with Gasteiger partial charge in [0.15, 0.2) is 5.69 Å². The van der Waals surface area contributed by atoms with Crippen LogP contribution in [-0.2, 0) is 0 Å². The molecule has 5 heteroatoms. The van der Waals surface area contributed by atoms with Gasteiger partial charge in [0.2, 0.25) is 0 Å². The van der Waals surface area contributed by atoms with E-state index in [1.807, 2.05) is 0 Å². The molecule has 0 spiro atoms. The molecule has 1 aromatic heterocycles. The van der Waals surface area contributed by atoms with Gasteiger partial charge in [-0.1, -0.05) is 0 Å². The molecule has 1 aromatic carbocycles. The number of rotatable bonds is 1. The molecule has 13 heavy (non-hydrogen) atoms. The van der Waals surface area contributed by atoms with Crippen molar-refractivity contribution in [1.82, 2.24) is 10.2 Å². The van der Waals surface area contributed by atoms with Crippen LogP contribution in [0.4, 0.5) is 4.39 Å². The highest BCUT2D eigenvalue weighted by Gasteiger charge is 2.12. The molecule has 0 fully saturated rings. The summed E-state index contributed by atoms with van der Waals surface area (Å²) in [6, 6.07) is 1.99. The highest BCUT2D eigenvalue weighted by Crippen LogP contribution is 2.16. The van der Waals surface area contributed by atoms with Crippen LogP contribution in [0, 0.1) is 5.82 Å². The Labute approximate surface area is 73.4 Å². The Balaban J connectivity index is 2.89. The van der Waals surface area contributed by atoms with Crippen molar-refractivity contribution in [3.63, 3.8) is 0 Å². The van der Waals surface area contributed by atoms with E-state index in [0.29, 0.717) is 5.52 Å². The zero-order chi connectivity index (χ0) is 10.3. The number of fused-ring (bicyclic) bond motifs is 1. The minimum absolute atomic E-state index is 0.00231. The SMILES string of the molecule is [2H]c1c(F)ccc2[nH]nc(C(=O)O)c12. The number of nitrogens with zero attached hydrogens (tertiary/aromatic N) is 1. The van der Waals surface area contributed by atoms with Gasteiger partial charge in [0, 0.05) is 5.39 Å². The molecule has 0 amide bonds. The number of carboxylic acid groups (broad SMARTS) is 1. The largest absolute Gasteiger partial charge is 0.476 e. The molecule has 66 valence electrons. The van der Waals surface area contributed by atoms with Crippen molar-refractivity contribution in [3.05, 3.63) is 29.7 Å². The van der Waals surface area contributed by atoms with Crippen LogP contribution in [0.2, 0.25) is 0 Å². The zero-order valence-corrected chi connectivity index (χ0v) is 6.34. The minimum atomic E-state index is -1.28. The Morgan fingerprint density at radius 1 is 1.69 bits per heavy atom. The molecule has 0 unspecified atom stereocenters. The monoisotopic (exact) mass is 181 g/mol. The number of halogens is 1. The number of carbonyl (C=O) groups is 1. The van der Waals surface area contributed by atoms with E-state index in [4.69, 9.17) is 6.48 Å². The van der Waals surface area contributed by atoms with Crippen LogP contribution >= 0.6 is 0 Å². The maximum Gasteiger partial charge on any atom is 0.357 e. The van der Waals surface area contributed by atoms with E-state index in [1.165, 1.54) is 6.07 Å². The lowest BCUT2D eigenvalue weighted by atomic mass is 10.2. The van der Waals surface area contributed by atoms with E-state index in [-0.39, 0.29) is 11.1 Å². The van der Waals surface area contributed by atoms with Gasteiger partial charge in [0.25, 0.3) is 0 Å². The lowest BCUT2D eigenvalue weighted by Crippen LogP contribution is -1.96. The Bertz CT molecular complexity index is 523. The van der Waals surface area contributed by atoms with Crippen molar-refractivity contribution in [2.75, 3.05) is 0 Å². The first kappa shape index (κ1) is 6.59. The molecular weight excluding hydrogens is 175 g/mol. The topological polar surface area (TPSA) is 66.0 Å². The molecule has 0 bridgehead atoms. The zero-order valence-electron chi connectivity index (χ0n) is 7.34. The molecule has 1 heterocycles. The normalized spacial score (nSPS) is 11.6. The average molecular weight is 181 g/mol. The number of carboxylic acids is 1. The summed E-state index contributed by atoms with van der Waals surface area (Å²) < 4.78 is 20.3. The number of nitrogens with one attached hydrogen (secondary N) is 1. The van der Waals surface area contributed by atoms with Crippen molar-refractivity contribution in [2.45, 2.75) is 0 Å². The Kier molecular flexibility index (Phi) is 1.29. The highest BCUT2D eigenvalue weighted by molar-refractivity contribution is 6.00.